The van der Waals surface area contributed by atoms with Gasteiger partial charge >= 0.3 is 0 Å². The van der Waals surface area contributed by atoms with Crippen LogP contribution in [0.15, 0.2) is 97.0 Å². The van der Waals surface area contributed by atoms with Crippen LogP contribution in [0.25, 0.3) is 22.9 Å². The summed E-state index contributed by atoms with van der Waals surface area (Å²) in [6.45, 7) is 8.20. The van der Waals surface area contributed by atoms with Gasteiger partial charge in [0.2, 0.25) is 0 Å². The van der Waals surface area contributed by atoms with E-state index in [4.69, 9.17) is 10.7 Å². The minimum absolute atomic E-state index is 0.235. The zero-order valence-corrected chi connectivity index (χ0v) is 17.2. The van der Waals surface area contributed by atoms with Crippen molar-refractivity contribution in [3.8, 4) is 0 Å². The van der Waals surface area contributed by atoms with Crippen LogP contribution in [0.3, 0.4) is 0 Å². The first-order valence-corrected chi connectivity index (χ1v) is 10.3. The summed E-state index contributed by atoms with van der Waals surface area (Å²) >= 11 is 0. The number of nitrogens with one attached hydrogen (secondary N) is 1. The number of fused-ring (bicyclic) bond motifs is 3. The van der Waals surface area contributed by atoms with Gasteiger partial charge < -0.3 is 11.1 Å². The van der Waals surface area contributed by atoms with E-state index >= 15 is 0 Å². The van der Waals surface area contributed by atoms with Crippen molar-refractivity contribution in [1.82, 2.24) is 0 Å². The Kier molecular flexibility index (Phi) is 4.64. The highest BCUT2D eigenvalue weighted by Gasteiger charge is 2.27. The fraction of sp³-hybridized carbons (Fsp3) is 0.0357. The number of hydrogen-bond donors (Lipinski definition) is 2. The largest absolute Gasteiger partial charge is 0.399 e. The molecule has 0 amide bonds. The Morgan fingerprint density at radius 2 is 1.42 bits per heavy atom. The van der Waals surface area contributed by atoms with Crippen LogP contribution < -0.4 is 11.1 Å². The predicted molar refractivity (Wildman–Crippen MR) is 133 cm³/mol. The number of nitrogens with zero attached hydrogens (tertiary/aromatic N) is 1. The molecule has 0 aliphatic carbocycles. The molecule has 5 rings (SSSR count). The van der Waals surface area contributed by atoms with Crippen molar-refractivity contribution in [2.75, 3.05) is 11.1 Å². The third-order valence-electron chi connectivity index (χ3n) is 5.78. The molecule has 0 fully saturated rings. The van der Waals surface area contributed by atoms with Gasteiger partial charge in [-0.1, -0.05) is 92.0 Å². The van der Waals surface area contributed by atoms with Gasteiger partial charge in [-0.25, -0.2) is 0 Å². The molecule has 0 aromatic heterocycles. The van der Waals surface area contributed by atoms with Crippen LogP contribution in [0.1, 0.15) is 34.0 Å². The van der Waals surface area contributed by atoms with E-state index in [1.165, 1.54) is 0 Å². The van der Waals surface area contributed by atoms with E-state index in [1.807, 2.05) is 54.6 Å². The molecule has 150 valence electrons. The van der Waals surface area contributed by atoms with Crippen molar-refractivity contribution >= 4 is 40.0 Å². The number of nitrogens with two attached hydrogens (primary N) is 1. The Labute approximate surface area is 182 Å². The lowest BCUT2D eigenvalue weighted by Crippen LogP contribution is -2.22. The zero-order chi connectivity index (χ0) is 21.4. The number of hydrogen-bond acceptors (Lipinski definition) is 3. The molecule has 31 heavy (non-hydrogen) atoms. The summed E-state index contributed by atoms with van der Waals surface area (Å²) in [5, 5.41) is 5.96. The molecule has 3 nitrogen and oxygen atoms in total. The molecule has 0 saturated carbocycles. The van der Waals surface area contributed by atoms with Gasteiger partial charge in [-0.2, -0.15) is 0 Å². The van der Waals surface area contributed by atoms with Crippen molar-refractivity contribution in [3.05, 3.63) is 120 Å². The van der Waals surface area contributed by atoms with Gasteiger partial charge in [0, 0.05) is 22.4 Å². The van der Waals surface area contributed by atoms with E-state index in [0.29, 0.717) is 0 Å². The Morgan fingerprint density at radius 1 is 0.774 bits per heavy atom. The topological polar surface area (TPSA) is 50.4 Å². The second-order valence-corrected chi connectivity index (χ2v) is 7.59. The van der Waals surface area contributed by atoms with Crippen LogP contribution in [0, 0.1) is 0 Å². The van der Waals surface area contributed by atoms with Gasteiger partial charge in [0.15, 0.2) is 0 Å². The number of aliphatic imine (C=N–C) groups is 1. The van der Waals surface area contributed by atoms with Crippen LogP contribution in [0.2, 0.25) is 0 Å². The summed E-state index contributed by atoms with van der Waals surface area (Å²) in [4.78, 5) is 5.18. The first-order chi connectivity index (χ1) is 15.2. The van der Waals surface area contributed by atoms with E-state index < -0.39 is 0 Å². The maximum absolute atomic E-state index is 5.92. The van der Waals surface area contributed by atoms with Crippen molar-refractivity contribution < 1.29 is 0 Å². The van der Waals surface area contributed by atoms with E-state index in [2.05, 4.69) is 54.9 Å². The smallest absolute Gasteiger partial charge is 0.145 e. The molecule has 1 unspecified atom stereocenters. The molecule has 1 aliphatic rings. The molecule has 0 spiro atoms. The fourth-order valence-corrected chi connectivity index (χ4v) is 4.33. The Morgan fingerprint density at radius 3 is 2.10 bits per heavy atom. The van der Waals surface area contributed by atoms with Gasteiger partial charge in [0.25, 0.3) is 0 Å². The first kappa shape index (κ1) is 18.9. The molecule has 1 heterocycles. The Bertz CT molecular complexity index is 1330. The summed E-state index contributed by atoms with van der Waals surface area (Å²) in [5.41, 5.74) is 14.0. The average Bonchev–Trinajstić information content (AvgIpc) is 2.83. The molecule has 3 N–H and O–H groups in total. The van der Waals surface area contributed by atoms with Crippen molar-refractivity contribution in [1.29, 1.82) is 0 Å². The summed E-state index contributed by atoms with van der Waals surface area (Å²) in [5.74, 6) is 0. The summed E-state index contributed by atoms with van der Waals surface area (Å²) in [6.07, 6.45) is 3.58. The van der Waals surface area contributed by atoms with E-state index in [-0.39, 0.29) is 6.17 Å². The van der Waals surface area contributed by atoms with Crippen LogP contribution >= 0.6 is 0 Å². The first-order valence-electron chi connectivity index (χ1n) is 10.3. The lowest BCUT2D eigenvalue weighted by molar-refractivity contribution is 0.829. The molecular weight excluding hydrogens is 378 g/mol. The normalized spacial score (nSPS) is 15.0. The average molecular weight is 402 g/mol. The molecule has 4 aromatic carbocycles. The lowest BCUT2D eigenvalue weighted by atomic mass is 9.86. The lowest BCUT2D eigenvalue weighted by Gasteiger charge is -2.30. The summed E-state index contributed by atoms with van der Waals surface area (Å²) in [6, 6.07) is 26.6. The zero-order valence-electron chi connectivity index (χ0n) is 17.2. The summed E-state index contributed by atoms with van der Waals surface area (Å²) in [7, 11) is 0. The minimum atomic E-state index is -0.235. The van der Waals surface area contributed by atoms with Crippen molar-refractivity contribution in [2.24, 2.45) is 4.99 Å². The van der Waals surface area contributed by atoms with Crippen molar-refractivity contribution in [2.45, 2.75) is 6.17 Å². The third-order valence-corrected chi connectivity index (χ3v) is 5.78. The van der Waals surface area contributed by atoms with Crippen LogP contribution in [-0.4, -0.2) is 5.71 Å². The van der Waals surface area contributed by atoms with Gasteiger partial charge in [-0.05, 0) is 34.0 Å². The van der Waals surface area contributed by atoms with Gasteiger partial charge in [0.05, 0.1) is 11.4 Å². The molecule has 1 aliphatic heterocycles. The highest BCUT2D eigenvalue weighted by Crippen LogP contribution is 2.42. The van der Waals surface area contributed by atoms with Gasteiger partial charge in [0.1, 0.15) is 6.17 Å². The number of nitrogen functional groups attached to an aromatic ring is 1. The molecule has 4 aromatic rings. The second-order valence-electron chi connectivity index (χ2n) is 7.59. The van der Waals surface area contributed by atoms with Gasteiger partial charge in [-0.15, -0.1) is 0 Å². The highest BCUT2D eigenvalue weighted by atomic mass is 15.1. The van der Waals surface area contributed by atoms with E-state index in [9.17, 15) is 0 Å². The highest BCUT2D eigenvalue weighted by molar-refractivity contribution is 6.25. The molecule has 3 heteroatoms. The van der Waals surface area contributed by atoms with Crippen LogP contribution in [0.4, 0.5) is 11.4 Å². The third kappa shape index (κ3) is 3.11. The van der Waals surface area contributed by atoms with Gasteiger partial charge in [-0.3, -0.25) is 4.99 Å². The summed E-state index contributed by atoms with van der Waals surface area (Å²) < 4.78 is 0. The molecule has 0 saturated heterocycles. The minimum Gasteiger partial charge on any atom is -0.399 e. The number of rotatable bonds is 4. The SMILES string of the molecule is C=Cc1c2c(c3ccccc3c1C=C)C(c1ccccc1)=NC(c1ccc(N)cc1)N2. The quantitative estimate of drug-likeness (QED) is 0.375. The fourth-order valence-electron chi connectivity index (χ4n) is 4.33. The van der Waals surface area contributed by atoms with E-state index in [1.54, 1.807) is 0 Å². The monoisotopic (exact) mass is 401 g/mol. The van der Waals surface area contributed by atoms with E-state index in [0.717, 1.165) is 55.7 Å². The molecule has 1 atom stereocenters. The molecule has 0 radical (unpaired) electrons. The maximum Gasteiger partial charge on any atom is 0.145 e. The molecular formula is C28H23N3. The van der Waals surface area contributed by atoms with Crippen molar-refractivity contribution in [3.63, 3.8) is 0 Å². The predicted octanol–water partition coefficient (Wildman–Crippen LogP) is 6.67. The van der Waals surface area contributed by atoms with Crippen LogP contribution in [-0.2, 0) is 0 Å². The van der Waals surface area contributed by atoms with Crippen LogP contribution in [0.5, 0.6) is 0 Å². The Hall–Kier alpha value is -4.11. The Balaban J connectivity index is 1.86. The number of benzene rings is 4. The number of anilines is 2. The maximum atomic E-state index is 5.92. The second kappa shape index (κ2) is 7.62. The molecule has 0 bridgehead atoms. The standard InChI is InChI=1S/C28H23N3/c1-3-21-22(4-2)27-25(24-13-9-8-12-23(21)24)26(18-10-6-5-7-11-18)30-28(31-27)19-14-16-20(29)17-15-19/h3-17,28,31H,1-2,29H2.